The number of hydrogen-bond donors (Lipinski definition) is 2. The van der Waals surface area contributed by atoms with Crippen LogP contribution >= 0.6 is 0 Å². The largest absolute Gasteiger partial charge is 0.493 e. The van der Waals surface area contributed by atoms with Gasteiger partial charge in [0.05, 0.1) is 13.0 Å². The highest BCUT2D eigenvalue weighted by atomic mass is 16.5. The van der Waals surface area contributed by atoms with Crippen molar-refractivity contribution < 1.29 is 9.53 Å². The summed E-state index contributed by atoms with van der Waals surface area (Å²) in [6.07, 6.45) is 2.42. The molecule has 1 aliphatic heterocycles. The van der Waals surface area contributed by atoms with Gasteiger partial charge < -0.3 is 15.4 Å². The lowest BCUT2D eigenvalue weighted by atomic mass is 10.0. The van der Waals surface area contributed by atoms with Crippen molar-refractivity contribution in [2.24, 2.45) is 0 Å². The topological polar surface area (TPSA) is 50.4 Å². The van der Waals surface area contributed by atoms with Gasteiger partial charge in [0.25, 0.3) is 0 Å². The summed E-state index contributed by atoms with van der Waals surface area (Å²) in [6.45, 7) is 7.89. The fraction of sp³-hybridized carbons (Fsp3) is 0.611. The van der Waals surface area contributed by atoms with Crippen LogP contribution in [0.5, 0.6) is 5.75 Å². The predicted octanol–water partition coefficient (Wildman–Crippen LogP) is 2.84. The lowest BCUT2D eigenvalue weighted by Crippen LogP contribution is -2.46. The molecule has 4 heteroatoms. The summed E-state index contributed by atoms with van der Waals surface area (Å²) in [5.74, 6) is 1.43. The van der Waals surface area contributed by atoms with Crippen LogP contribution in [0, 0.1) is 0 Å². The molecule has 2 unspecified atom stereocenters. The molecule has 0 saturated carbocycles. The van der Waals surface area contributed by atoms with Crippen LogP contribution in [0.15, 0.2) is 24.3 Å². The third kappa shape index (κ3) is 5.34. The lowest BCUT2D eigenvalue weighted by molar-refractivity contribution is -0.122. The van der Waals surface area contributed by atoms with Gasteiger partial charge in [-0.25, -0.2) is 0 Å². The number of carbonyl (C=O) groups is 1. The standard InChI is InChI=1S/C18H28N2O2/c1-13(2)15-4-6-17(7-5-15)22-11-9-18(21)20-16-8-10-19-14(3)12-16/h4-7,13-14,16,19H,8-12H2,1-3H3,(H,20,21). The number of amides is 1. The van der Waals surface area contributed by atoms with E-state index in [9.17, 15) is 4.79 Å². The Hall–Kier alpha value is -1.55. The number of ether oxygens (including phenoxy) is 1. The second-order valence-corrected chi connectivity index (χ2v) is 6.47. The fourth-order valence-corrected chi connectivity index (χ4v) is 2.77. The van der Waals surface area contributed by atoms with Crippen molar-refractivity contribution in [1.82, 2.24) is 10.6 Å². The molecular formula is C18H28N2O2. The molecule has 1 aromatic rings. The summed E-state index contributed by atoms with van der Waals surface area (Å²) >= 11 is 0. The molecule has 2 atom stereocenters. The lowest BCUT2D eigenvalue weighted by Gasteiger charge is -2.28. The average molecular weight is 304 g/mol. The van der Waals surface area contributed by atoms with Crippen molar-refractivity contribution in [3.05, 3.63) is 29.8 Å². The van der Waals surface area contributed by atoms with Gasteiger partial charge in [0, 0.05) is 12.1 Å². The van der Waals surface area contributed by atoms with Crippen LogP contribution in [-0.2, 0) is 4.79 Å². The molecule has 1 fully saturated rings. The average Bonchev–Trinajstić information content (AvgIpc) is 2.47. The zero-order valence-corrected chi connectivity index (χ0v) is 13.9. The number of carbonyl (C=O) groups excluding carboxylic acids is 1. The van der Waals surface area contributed by atoms with E-state index in [0.717, 1.165) is 25.1 Å². The van der Waals surface area contributed by atoms with Crippen LogP contribution < -0.4 is 15.4 Å². The predicted molar refractivity (Wildman–Crippen MR) is 89.3 cm³/mol. The molecule has 2 rings (SSSR count). The molecule has 1 heterocycles. The van der Waals surface area contributed by atoms with Crippen LogP contribution in [0.2, 0.25) is 0 Å². The maximum atomic E-state index is 11.9. The Morgan fingerprint density at radius 1 is 1.36 bits per heavy atom. The molecular weight excluding hydrogens is 276 g/mol. The van der Waals surface area contributed by atoms with Gasteiger partial charge in [-0.15, -0.1) is 0 Å². The van der Waals surface area contributed by atoms with Gasteiger partial charge in [-0.3, -0.25) is 4.79 Å². The van der Waals surface area contributed by atoms with Gasteiger partial charge in [-0.2, -0.15) is 0 Å². The highest BCUT2D eigenvalue weighted by molar-refractivity contribution is 5.76. The minimum absolute atomic E-state index is 0.0814. The first-order valence-electron chi connectivity index (χ1n) is 8.30. The molecule has 1 aromatic carbocycles. The smallest absolute Gasteiger partial charge is 0.223 e. The van der Waals surface area contributed by atoms with E-state index in [1.165, 1.54) is 5.56 Å². The minimum atomic E-state index is 0.0814. The normalized spacial score (nSPS) is 21.6. The number of benzene rings is 1. The molecule has 122 valence electrons. The van der Waals surface area contributed by atoms with Crippen LogP contribution in [0.1, 0.15) is 51.5 Å². The van der Waals surface area contributed by atoms with Crippen LogP contribution in [0.25, 0.3) is 0 Å². The second kappa shape index (κ2) is 8.18. The summed E-state index contributed by atoms with van der Waals surface area (Å²) in [7, 11) is 0. The van der Waals surface area contributed by atoms with Gasteiger partial charge in [-0.05, 0) is 49.9 Å². The van der Waals surface area contributed by atoms with E-state index in [1.54, 1.807) is 0 Å². The number of piperidine rings is 1. The Labute approximate surface area is 133 Å². The maximum absolute atomic E-state index is 11.9. The highest BCUT2D eigenvalue weighted by Crippen LogP contribution is 2.18. The Balaban J connectivity index is 1.68. The molecule has 4 nitrogen and oxygen atoms in total. The van der Waals surface area contributed by atoms with Crippen molar-refractivity contribution in [3.63, 3.8) is 0 Å². The molecule has 0 spiro atoms. The van der Waals surface area contributed by atoms with E-state index >= 15 is 0 Å². The summed E-state index contributed by atoms with van der Waals surface area (Å²) in [5.41, 5.74) is 1.30. The van der Waals surface area contributed by atoms with Crippen LogP contribution in [0.4, 0.5) is 0 Å². The molecule has 0 radical (unpaired) electrons. The molecule has 0 aliphatic carbocycles. The van der Waals surface area contributed by atoms with Gasteiger partial charge >= 0.3 is 0 Å². The molecule has 1 aliphatic rings. The van der Waals surface area contributed by atoms with Crippen molar-refractivity contribution in [1.29, 1.82) is 0 Å². The van der Waals surface area contributed by atoms with Crippen molar-refractivity contribution in [2.75, 3.05) is 13.2 Å². The maximum Gasteiger partial charge on any atom is 0.223 e. The summed E-state index contributed by atoms with van der Waals surface area (Å²) in [5, 5.41) is 6.49. The van der Waals surface area contributed by atoms with E-state index in [-0.39, 0.29) is 5.91 Å². The number of rotatable bonds is 6. The monoisotopic (exact) mass is 304 g/mol. The summed E-state index contributed by atoms with van der Waals surface area (Å²) in [6, 6.07) is 8.89. The zero-order valence-electron chi connectivity index (χ0n) is 13.9. The van der Waals surface area contributed by atoms with E-state index < -0.39 is 0 Å². The molecule has 0 bridgehead atoms. The second-order valence-electron chi connectivity index (χ2n) is 6.47. The van der Waals surface area contributed by atoms with E-state index in [4.69, 9.17) is 4.74 Å². The highest BCUT2D eigenvalue weighted by Gasteiger charge is 2.19. The van der Waals surface area contributed by atoms with Gasteiger partial charge in [0.1, 0.15) is 5.75 Å². The van der Waals surface area contributed by atoms with E-state index in [2.05, 4.69) is 43.5 Å². The Kier molecular flexibility index (Phi) is 6.25. The van der Waals surface area contributed by atoms with E-state index in [0.29, 0.717) is 31.0 Å². The molecule has 1 saturated heterocycles. The summed E-state index contributed by atoms with van der Waals surface area (Å²) < 4.78 is 5.65. The van der Waals surface area contributed by atoms with Gasteiger partial charge in [0.15, 0.2) is 0 Å². The Morgan fingerprint density at radius 3 is 2.73 bits per heavy atom. The molecule has 22 heavy (non-hydrogen) atoms. The molecule has 1 amide bonds. The summed E-state index contributed by atoms with van der Waals surface area (Å²) in [4.78, 5) is 11.9. The van der Waals surface area contributed by atoms with Crippen molar-refractivity contribution in [2.45, 2.75) is 58.0 Å². The van der Waals surface area contributed by atoms with E-state index in [1.807, 2.05) is 12.1 Å². The number of nitrogens with one attached hydrogen (secondary N) is 2. The number of hydrogen-bond acceptors (Lipinski definition) is 3. The molecule has 0 aromatic heterocycles. The third-order valence-corrected chi connectivity index (χ3v) is 4.13. The van der Waals surface area contributed by atoms with Gasteiger partial charge in [0.2, 0.25) is 5.91 Å². The SMILES string of the molecule is CC1CC(NC(=O)CCOc2ccc(C(C)C)cc2)CCN1. The first-order chi connectivity index (χ1) is 10.5. The molecule has 2 N–H and O–H groups in total. The Bertz CT molecular complexity index is 470. The third-order valence-electron chi connectivity index (χ3n) is 4.13. The first-order valence-corrected chi connectivity index (χ1v) is 8.30. The zero-order chi connectivity index (χ0) is 15.9. The quantitative estimate of drug-likeness (QED) is 0.849. The van der Waals surface area contributed by atoms with Crippen LogP contribution in [0.3, 0.4) is 0 Å². The van der Waals surface area contributed by atoms with Crippen LogP contribution in [-0.4, -0.2) is 31.1 Å². The van der Waals surface area contributed by atoms with Crippen molar-refractivity contribution in [3.8, 4) is 5.75 Å². The minimum Gasteiger partial charge on any atom is -0.493 e. The Morgan fingerprint density at radius 2 is 2.09 bits per heavy atom. The first kappa shape index (κ1) is 16.8. The van der Waals surface area contributed by atoms with Gasteiger partial charge in [-0.1, -0.05) is 26.0 Å². The fourth-order valence-electron chi connectivity index (χ4n) is 2.77. The van der Waals surface area contributed by atoms with Crippen molar-refractivity contribution >= 4 is 5.91 Å².